The molecule has 0 aromatic carbocycles. The minimum absolute atomic E-state index is 0.114. The zero-order valence-electron chi connectivity index (χ0n) is 16.4. The van der Waals surface area contributed by atoms with Gasteiger partial charge in [0.25, 0.3) is 5.91 Å². The van der Waals surface area contributed by atoms with Crippen LogP contribution in [-0.4, -0.2) is 45.9 Å². The summed E-state index contributed by atoms with van der Waals surface area (Å²) in [7, 11) is 0. The second-order valence-corrected chi connectivity index (χ2v) is 9.11. The maximum absolute atomic E-state index is 13.3. The summed E-state index contributed by atoms with van der Waals surface area (Å²) in [5.41, 5.74) is 0.762. The van der Waals surface area contributed by atoms with Gasteiger partial charge in [0.2, 0.25) is 5.78 Å². The van der Waals surface area contributed by atoms with Crippen molar-refractivity contribution in [3.05, 3.63) is 49.3 Å². The average Bonchev–Trinajstić information content (AvgIpc) is 3.32. The average molecular weight is 421 g/mol. The Kier molecular flexibility index (Phi) is 6.32. The van der Waals surface area contributed by atoms with E-state index < -0.39 is 17.7 Å². The zero-order chi connectivity index (χ0) is 20.4. The number of ether oxygens (including phenoxy) is 1. The summed E-state index contributed by atoms with van der Waals surface area (Å²) in [5, 5.41) is 13.3. The van der Waals surface area contributed by atoms with Gasteiger partial charge in [-0.1, -0.05) is 6.07 Å². The van der Waals surface area contributed by atoms with Gasteiger partial charge in [-0.2, -0.15) is 0 Å². The van der Waals surface area contributed by atoms with E-state index in [1.807, 2.05) is 38.3 Å². The second kappa shape index (κ2) is 8.55. The number of aliphatic hydroxyl groups excluding tert-OH is 1. The van der Waals surface area contributed by atoms with Gasteiger partial charge in [0.1, 0.15) is 0 Å². The van der Waals surface area contributed by atoms with Crippen LogP contribution in [0.25, 0.3) is 0 Å². The molecule has 0 saturated carbocycles. The minimum atomic E-state index is -0.583. The molecular formula is C20H24N2O4S2. The number of aliphatic hydroxyl groups is 1. The number of hydrogen-bond donors (Lipinski definition) is 1. The molecule has 0 bridgehead atoms. The Morgan fingerprint density at radius 1 is 1.39 bits per heavy atom. The van der Waals surface area contributed by atoms with E-state index in [1.54, 1.807) is 11.8 Å². The molecule has 1 amide bonds. The lowest BCUT2D eigenvalue weighted by atomic mass is 10.0. The fourth-order valence-corrected chi connectivity index (χ4v) is 5.00. The largest absolute Gasteiger partial charge is 0.503 e. The molecule has 6 nitrogen and oxygen atoms in total. The molecule has 28 heavy (non-hydrogen) atoms. The number of aryl methyl sites for hydroxylation is 2. The molecule has 8 heteroatoms. The third-order valence-electron chi connectivity index (χ3n) is 4.47. The van der Waals surface area contributed by atoms with E-state index in [2.05, 4.69) is 4.98 Å². The number of amides is 1. The van der Waals surface area contributed by atoms with Crippen molar-refractivity contribution in [3.63, 3.8) is 0 Å². The fourth-order valence-electron chi connectivity index (χ4n) is 3.28. The van der Waals surface area contributed by atoms with E-state index in [0.717, 1.165) is 9.88 Å². The molecule has 1 aliphatic rings. The summed E-state index contributed by atoms with van der Waals surface area (Å²) in [6.45, 7) is 8.43. The Morgan fingerprint density at radius 3 is 2.71 bits per heavy atom. The lowest BCUT2D eigenvalue weighted by molar-refractivity contribution is -0.129. The van der Waals surface area contributed by atoms with Crippen LogP contribution in [0, 0.1) is 13.8 Å². The first-order valence-corrected chi connectivity index (χ1v) is 10.9. The molecule has 0 aliphatic carbocycles. The lowest BCUT2D eigenvalue weighted by Gasteiger charge is -2.25. The van der Waals surface area contributed by atoms with Crippen molar-refractivity contribution in [2.24, 2.45) is 0 Å². The van der Waals surface area contributed by atoms with Crippen LogP contribution in [0.15, 0.2) is 28.8 Å². The van der Waals surface area contributed by atoms with Gasteiger partial charge in [-0.15, -0.1) is 22.7 Å². The first-order valence-electron chi connectivity index (χ1n) is 9.19. The summed E-state index contributed by atoms with van der Waals surface area (Å²) in [5.74, 6) is -1.29. The van der Waals surface area contributed by atoms with Crippen molar-refractivity contribution in [3.8, 4) is 0 Å². The smallest absolute Gasteiger partial charge is 0.290 e. The topological polar surface area (TPSA) is 79.7 Å². The molecule has 1 aliphatic heterocycles. The molecule has 2 aromatic heterocycles. The molecule has 1 atom stereocenters. The van der Waals surface area contributed by atoms with E-state index in [0.29, 0.717) is 30.1 Å². The van der Waals surface area contributed by atoms with Gasteiger partial charge in [0.05, 0.1) is 33.3 Å². The van der Waals surface area contributed by atoms with Crippen LogP contribution in [0.3, 0.4) is 0 Å². The molecular weight excluding hydrogens is 396 g/mol. The van der Waals surface area contributed by atoms with Crippen LogP contribution >= 0.6 is 22.7 Å². The highest BCUT2D eigenvalue weighted by molar-refractivity contribution is 7.14. The molecule has 3 rings (SSSR count). The highest BCUT2D eigenvalue weighted by atomic mass is 32.1. The van der Waals surface area contributed by atoms with Crippen molar-refractivity contribution in [2.45, 2.75) is 46.3 Å². The number of thiazole rings is 1. The predicted octanol–water partition coefficient (Wildman–Crippen LogP) is 4.21. The monoisotopic (exact) mass is 420 g/mol. The van der Waals surface area contributed by atoms with Crippen molar-refractivity contribution in [1.82, 2.24) is 9.88 Å². The standard InChI is InChI=1S/C20H24N2O4S2/c1-11(2)26-9-6-8-22-16(14-7-5-10-27-14)15(18(24)20(22)25)17(23)19-12(3)21-13(4)28-19/h5,7,10-11,16,24H,6,8-9H2,1-4H3. The molecule has 1 N–H and O–H groups in total. The van der Waals surface area contributed by atoms with E-state index in [-0.39, 0.29) is 17.5 Å². The Balaban J connectivity index is 1.92. The molecule has 0 spiro atoms. The summed E-state index contributed by atoms with van der Waals surface area (Å²) in [4.78, 5) is 33.3. The Hall–Kier alpha value is -2.03. The van der Waals surface area contributed by atoms with Gasteiger partial charge in [-0.05, 0) is 45.6 Å². The SMILES string of the molecule is Cc1nc(C)c(C(=O)C2=C(O)C(=O)N(CCCOC(C)C)C2c2cccs2)s1. The number of nitrogens with zero attached hydrogens (tertiary/aromatic N) is 2. The fraction of sp³-hybridized carbons (Fsp3) is 0.450. The van der Waals surface area contributed by atoms with Crippen molar-refractivity contribution < 1.29 is 19.4 Å². The molecule has 3 heterocycles. The third-order valence-corrected chi connectivity index (χ3v) is 6.46. The van der Waals surface area contributed by atoms with Gasteiger partial charge in [-0.3, -0.25) is 9.59 Å². The van der Waals surface area contributed by atoms with Crippen LogP contribution in [0.5, 0.6) is 0 Å². The van der Waals surface area contributed by atoms with Gasteiger partial charge < -0.3 is 14.7 Å². The normalized spacial score (nSPS) is 17.2. The lowest BCUT2D eigenvalue weighted by Crippen LogP contribution is -2.32. The van der Waals surface area contributed by atoms with Crippen LogP contribution in [-0.2, 0) is 9.53 Å². The molecule has 0 saturated heterocycles. The Labute approximate surface area is 172 Å². The number of rotatable bonds is 8. The van der Waals surface area contributed by atoms with Crippen molar-refractivity contribution in [1.29, 1.82) is 0 Å². The minimum Gasteiger partial charge on any atom is -0.503 e. The summed E-state index contributed by atoms with van der Waals surface area (Å²) in [6.07, 6.45) is 0.739. The van der Waals surface area contributed by atoms with E-state index in [1.165, 1.54) is 22.7 Å². The summed E-state index contributed by atoms with van der Waals surface area (Å²) in [6, 6.07) is 3.18. The van der Waals surface area contributed by atoms with E-state index in [9.17, 15) is 14.7 Å². The van der Waals surface area contributed by atoms with Crippen LogP contribution in [0.4, 0.5) is 0 Å². The van der Waals surface area contributed by atoms with Gasteiger partial charge in [0.15, 0.2) is 5.76 Å². The molecule has 1 unspecified atom stereocenters. The molecule has 150 valence electrons. The molecule has 2 aromatic rings. The Bertz CT molecular complexity index is 899. The second-order valence-electron chi connectivity index (χ2n) is 6.93. The Morgan fingerprint density at radius 2 is 2.14 bits per heavy atom. The van der Waals surface area contributed by atoms with Crippen LogP contribution in [0.1, 0.15) is 51.6 Å². The van der Waals surface area contributed by atoms with Gasteiger partial charge >= 0.3 is 0 Å². The third kappa shape index (κ3) is 4.04. The maximum Gasteiger partial charge on any atom is 0.290 e. The summed E-state index contributed by atoms with van der Waals surface area (Å²) < 4.78 is 5.57. The maximum atomic E-state index is 13.3. The number of Topliss-reactive ketones (excluding diaryl/α,β-unsaturated/α-hetero) is 1. The van der Waals surface area contributed by atoms with Crippen molar-refractivity contribution >= 4 is 34.4 Å². The van der Waals surface area contributed by atoms with E-state index >= 15 is 0 Å². The number of thiophene rings is 1. The van der Waals surface area contributed by atoms with Gasteiger partial charge in [0, 0.05) is 18.0 Å². The summed E-state index contributed by atoms with van der Waals surface area (Å²) >= 11 is 2.75. The number of ketones is 1. The van der Waals surface area contributed by atoms with Crippen LogP contribution < -0.4 is 0 Å². The number of aromatic nitrogens is 1. The first kappa shape index (κ1) is 20.7. The van der Waals surface area contributed by atoms with Crippen molar-refractivity contribution in [2.75, 3.05) is 13.2 Å². The van der Waals surface area contributed by atoms with Gasteiger partial charge in [-0.25, -0.2) is 4.98 Å². The number of carbonyl (C=O) groups is 2. The number of carbonyl (C=O) groups excluding carboxylic acids is 2. The number of hydrogen-bond acceptors (Lipinski definition) is 7. The highest BCUT2D eigenvalue weighted by Gasteiger charge is 2.44. The zero-order valence-corrected chi connectivity index (χ0v) is 18.0. The predicted molar refractivity (Wildman–Crippen MR) is 110 cm³/mol. The van der Waals surface area contributed by atoms with E-state index in [4.69, 9.17) is 4.74 Å². The highest BCUT2D eigenvalue weighted by Crippen LogP contribution is 2.41. The van der Waals surface area contributed by atoms with Crippen LogP contribution in [0.2, 0.25) is 0 Å². The molecule has 0 fully saturated rings. The molecule has 0 radical (unpaired) electrons. The first-order chi connectivity index (χ1) is 13.3. The quantitative estimate of drug-likeness (QED) is 0.511.